The van der Waals surface area contributed by atoms with Crippen molar-refractivity contribution in [1.29, 1.82) is 0 Å². The van der Waals surface area contributed by atoms with Gasteiger partial charge in [-0.25, -0.2) is 5.84 Å². The number of amides is 1. The minimum absolute atomic E-state index is 0.216. The number of hydrogen-bond acceptors (Lipinski definition) is 6. The summed E-state index contributed by atoms with van der Waals surface area (Å²) in [5.74, 6) is 7.18. The molecule has 8 heteroatoms. The van der Waals surface area contributed by atoms with Crippen molar-refractivity contribution in [1.82, 2.24) is 20.4 Å². The van der Waals surface area contributed by atoms with Crippen LogP contribution in [0, 0.1) is 0 Å². The molecule has 7 nitrogen and oxygen atoms in total. The van der Waals surface area contributed by atoms with Crippen molar-refractivity contribution in [2.75, 3.05) is 5.75 Å². The van der Waals surface area contributed by atoms with Crippen molar-refractivity contribution in [3.05, 3.63) is 36.0 Å². The molecule has 0 aliphatic carbocycles. The molecule has 0 saturated heterocycles. The summed E-state index contributed by atoms with van der Waals surface area (Å²) in [7, 11) is 0. The van der Waals surface area contributed by atoms with E-state index in [4.69, 9.17) is 10.3 Å². The van der Waals surface area contributed by atoms with Gasteiger partial charge in [-0.15, -0.1) is 5.10 Å². The van der Waals surface area contributed by atoms with Gasteiger partial charge in [0.25, 0.3) is 5.91 Å². The summed E-state index contributed by atoms with van der Waals surface area (Å²) in [5, 5.41) is 7.54. The molecule has 1 amide bonds. The van der Waals surface area contributed by atoms with Crippen molar-refractivity contribution in [3.8, 4) is 0 Å². The van der Waals surface area contributed by atoms with Crippen LogP contribution in [0.25, 0.3) is 0 Å². The Morgan fingerprint density at radius 2 is 2.50 bits per heavy atom. The maximum absolute atomic E-state index is 11.1. The highest BCUT2D eigenvalue weighted by Crippen LogP contribution is 2.12. The summed E-state index contributed by atoms with van der Waals surface area (Å²) in [5.41, 5.74) is 2.22. The van der Waals surface area contributed by atoms with E-state index in [0.29, 0.717) is 6.54 Å². The van der Waals surface area contributed by atoms with E-state index in [1.807, 2.05) is 17.6 Å². The van der Waals surface area contributed by atoms with Gasteiger partial charge in [-0.05, 0) is 12.1 Å². The largest absolute Gasteiger partial charge is 0.468 e. The Kier molecular flexibility index (Phi) is 4.37. The average molecular weight is 267 g/mol. The van der Waals surface area contributed by atoms with Crippen LogP contribution in [-0.4, -0.2) is 26.7 Å². The van der Waals surface area contributed by atoms with Crippen LogP contribution in [0.3, 0.4) is 0 Å². The highest BCUT2D eigenvalue weighted by molar-refractivity contribution is 7.98. The Morgan fingerprint density at radius 3 is 3.22 bits per heavy atom. The number of carbonyl (C=O) groups is 1. The maximum atomic E-state index is 11.1. The smallest absolute Gasteiger partial charge is 0.287 e. The van der Waals surface area contributed by atoms with Crippen molar-refractivity contribution < 1.29 is 9.21 Å². The van der Waals surface area contributed by atoms with Crippen LogP contribution in [0.5, 0.6) is 0 Å². The van der Waals surface area contributed by atoms with Crippen molar-refractivity contribution in [3.63, 3.8) is 0 Å². The van der Waals surface area contributed by atoms with E-state index in [0.717, 1.165) is 17.3 Å². The fraction of sp³-hybridized carbons (Fsp3) is 0.300. The van der Waals surface area contributed by atoms with E-state index >= 15 is 0 Å². The first-order chi connectivity index (χ1) is 8.79. The molecule has 0 aliphatic rings. The molecule has 2 aromatic rings. The molecule has 96 valence electrons. The average Bonchev–Trinajstić information content (AvgIpc) is 3.05. The zero-order valence-electron chi connectivity index (χ0n) is 9.57. The molecule has 0 aliphatic heterocycles. The van der Waals surface area contributed by atoms with Gasteiger partial charge in [0.05, 0.1) is 24.8 Å². The van der Waals surface area contributed by atoms with Gasteiger partial charge in [0, 0.05) is 5.75 Å². The Labute approximate surface area is 108 Å². The van der Waals surface area contributed by atoms with Crippen molar-refractivity contribution in [2.24, 2.45) is 5.84 Å². The van der Waals surface area contributed by atoms with Gasteiger partial charge in [-0.2, -0.15) is 11.8 Å². The minimum atomic E-state index is -0.440. The lowest BCUT2D eigenvalue weighted by molar-refractivity contribution is 0.0948. The number of furan rings is 1. The molecule has 3 N–H and O–H groups in total. The standard InChI is InChI=1S/C10H13N5O2S/c11-12-10(16)9-6-15(14-13-9)3-5-18-7-8-2-1-4-17-8/h1-2,4,6H,3,5,7,11H2,(H,12,16). The summed E-state index contributed by atoms with van der Waals surface area (Å²) < 4.78 is 6.82. The number of hydrazine groups is 1. The first-order valence-corrected chi connectivity index (χ1v) is 6.46. The number of nitrogens with one attached hydrogen (secondary N) is 1. The third kappa shape index (κ3) is 3.34. The van der Waals surface area contributed by atoms with Crippen LogP contribution in [0.4, 0.5) is 0 Å². The predicted molar refractivity (Wildman–Crippen MR) is 66.5 cm³/mol. The Hall–Kier alpha value is -1.80. The van der Waals surface area contributed by atoms with Crippen LogP contribution in [0.1, 0.15) is 16.2 Å². The number of nitrogens with zero attached hydrogens (tertiary/aromatic N) is 3. The lowest BCUT2D eigenvalue weighted by Crippen LogP contribution is -2.30. The van der Waals surface area contributed by atoms with E-state index in [1.54, 1.807) is 28.9 Å². The lowest BCUT2D eigenvalue weighted by Gasteiger charge is -1.99. The molecule has 2 rings (SSSR count). The van der Waals surface area contributed by atoms with Crippen LogP contribution < -0.4 is 11.3 Å². The molecule has 0 saturated carbocycles. The number of rotatable bonds is 6. The molecule has 2 aromatic heterocycles. The fourth-order valence-corrected chi connectivity index (χ4v) is 2.14. The number of carbonyl (C=O) groups excluding carboxylic acids is 1. The minimum Gasteiger partial charge on any atom is -0.468 e. The zero-order chi connectivity index (χ0) is 12.8. The number of thioether (sulfide) groups is 1. The molecule has 0 unspecified atom stereocenters. The summed E-state index contributed by atoms with van der Waals surface area (Å²) in [6.45, 7) is 0.677. The summed E-state index contributed by atoms with van der Waals surface area (Å²) in [4.78, 5) is 11.1. The monoisotopic (exact) mass is 267 g/mol. The van der Waals surface area contributed by atoms with Gasteiger partial charge < -0.3 is 4.42 Å². The number of aryl methyl sites for hydroxylation is 1. The molecule has 0 bridgehead atoms. The number of nitrogens with two attached hydrogens (primary N) is 1. The van der Waals surface area contributed by atoms with Gasteiger partial charge in [-0.3, -0.25) is 14.9 Å². The van der Waals surface area contributed by atoms with E-state index < -0.39 is 5.91 Å². The van der Waals surface area contributed by atoms with Gasteiger partial charge in [0.2, 0.25) is 0 Å². The summed E-state index contributed by atoms with van der Waals surface area (Å²) in [6, 6.07) is 3.80. The topological polar surface area (TPSA) is 99.0 Å². The molecule has 0 radical (unpaired) electrons. The number of aromatic nitrogens is 3. The van der Waals surface area contributed by atoms with Gasteiger partial charge in [-0.1, -0.05) is 5.21 Å². The molecule has 2 heterocycles. The summed E-state index contributed by atoms with van der Waals surface area (Å²) >= 11 is 1.72. The summed E-state index contributed by atoms with van der Waals surface area (Å²) in [6.07, 6.45) is 3.22. The lowest BCUT2D eigenvalue weighted by atomic mass is 10.5. The van der Waals surface area contributed by atoms with E-state index in [-0.39, 0.29) is 5.69 Å². The molecule has 0 aromatic carbocycles. The second-order valence-electron chi connectivity index (χ2n) is 3.47. The zero-order valence-corrected chi connectivity index (χ0v) is 10.4. The quantitative estimate of drug-likeness (QED) is 0.340. The SMILES string of the molecule is NNC(=O)c1cn(CCSCc2ccco2)nn1. The Morgan fingerprint density at radius 1 is 1.61 bits per heavy atom. The number of nitrogen functional groups attached to an aromatic ring is 1. The first-order valence-electron chi connectivity index (χ1n) is 5.31. The van der Waals surface area contributed by atoms with E-state index in [1.165, 1.54) is 0 Å². The molecule has 18 heavy (non-hydrogen) atoms. The third-order valence-electron chi connectivity index (χ3n) is 2.19. The highest BCUT2D eigenvalue weighted by atomic mass is 32.2. The second-order valence-corrected chi connectivity index (χ2v) is 4.58. The van der Waals surface area contributed by atoms with Crippen molar-refractivity contribution >= 4 is 17.7 Å². The first kappa shape index (κ1) is 12.7. The van der Waals surface area contributed by atoms with Gasteiger partial charge in [0.15, 0.2) is 5.69 Å². The van der Waals surface area contributed by atoms with Gasteiger partial charge in [0.1, 0.15) is 5.76 Å². The van der Waals surface area contributed by atoms with Crippen LogP contribution >= 0.6 is 11.8 Å². The molecular formula is C10H13N5O2S. The Balaban J connectivity index is 1.73. The molecular weight excluding hydrogens is 254 g/mol. The van der Waals surface area contributed by atoms with E-state index in [2.05, 4.69) is 10.3 Å². The fourth-order valence-electron chi connectivity index (χ4n) is 1.31. The molecule has 0 atom stereocenters. The van der Waals surface area contributed by atoms with Crippen LogP contribution in [0.2, 0.25) is 0 Å². The van der Waals surface area contributed by atoms with Crippen LogP contribution in [-0.2, 0) is 12.3 Å². The van der Waals surface area contributed by atoms with Crippen LogP contribution in [0.15, 0.2) is 29.0 Å². The van der Waals surface area contributed by atoms with Crippen molar-refractivity contribution in [2.45, 2.75) is 12.3 Å². The Bertz CT molecular complexity index is 496. The molecule has 0 spiro atoms. The van der Waals surface area contributed by atoms with E-state index in [9.17, 15) is 4.79 Å². The third-order valence-corrected chi connectivity index (χ3v) is 3.15. The number of hydrogen-bond donors (Lipinski definition) is 2. The second kappa shape index (κ2) is 6.22. The highest BCUT2D eigenvalue weighted by Gasteiger charge is 2.08. The van der Waals surface area contributed by atoms with Gasteiger partial charge >= 0.3 is 0 Å². The molecule has 0 fully saturated rings. The predicted octanol–water partition coefficient (Wildman–Crippen LogP) is 0.408. The maximum Gasteiger partial charge on any atom is 0.287 e. The normalized spacial score (nSPS) is 10.5.